The van der Waals surface area contributed by atoms with Crippen molar-refractivity contribution in [3.63, 3.8) is 0 Å². The number of carbonyl (C=O) groups excluding carboxylic acids is 1. The van der Waals surface area contributed by atoms with E-state index < -0.39 is 11.9 Å². The van der Waals surface area contributed by atoms with Crippen LogP contribution in [-0.4, -0.2) is 65.6 Å². The molecule has 1 aromatic rings. The number of unbranched alkanes of at least 4 members (excludes halogenated alkanes) is 2. The van der Waals surface area contributed by atoms with E-state index in [1.165, 1.54) is 5.56 Å². The normalized spacial score (nSPS) is 21.9. The van der Waals surface area contributed by atoms with Gasteiger partial charge in [-0.2, -0.15) is 0 Å². The summed E-state index contributed by atoms with van der Waals surface area (Å²) in [5, 5.41) is 10.5. The summed E-state index contributed by atoms with van der Waals surface area (Å²) in [6.07, 6.45) is 7.85. The number of likely N-dealkylation sites (tertiary alicyclic amines) is 1. The maximum Gasteiger partial charge on any atom is 0.308 e. The summed E-state index contributed by atoms with van der Waals surface area (Å²) in [5.74, 6) is -0.365. The molecule has 0 aromatic heterocycles. The Bertz CT molecular complexity index is 876. The summed E-state index contributed by atoms with van der Waals surface area (Å²) in [6.45, 7) is 14.1. The number of fused-ring (bicyclic) bond motifs is 1. The fourth-order valence-electron chi connectivity index (χ4n) is 6.20. The van der Waals surface area contributed by atoms with Crippen molar-refractivity contribution < 1.29 is 19.4 Å². The number of amides is 1. The van der Waals surface area contributed by atoms with Gasteiger partial charge in [-0.25, -0.2) is 0 Å². The number of benzene rings is 1. The Morgan fingerprint density at radius 3 is 2.42 bits per heavy atom. The number of nitrogens with zero attached hydrogens (tertiary/aromatic N) is 2. The van der Waals surface area contributed by atoms with Crippen LogP contribution in [0, 0.1) is 11.3 Å². The zero-order valence-electron chi connectivity index (χ0n) is 23.2. The Morgan fingerprint density at radius 2 is 1.81 bits per heavy atom. The third-order valence-corrected chi connectivity index (χ3v) is 8.12. The molecule has 1 aromatic carbocycles. The van der Waals surface area contributed by atoms with E-state index in [-0.39, 0.29) is 23.3 Å². The predicted molar refractivity (Wildman–Crippen MR) is 145 cm³/mol. The number of aliphatic carboxylic acids is 1. The highest BCUT2D eigenvalue weighted by Crippen LogP contribution is 2.44. The van der Waals surface area contributed by atoms with Gasteiger partial charge in [0.05, 0.1) is 19.1 Å². The molecule has 0 aliphatic carbocycles. The molecule has 202 valence electrons. The average molecular weight is 501 g/mol. The lowest BCUT2D eigenvalue weighted by molar-refractivity contribution is -0.144. The molecular formula is C30H48N2O4. The molecule has 0 saturated carbocycles. The Labute approximate surface area is 218 Å². The van der Waals surface area contributed by atoms with Crippen LogP contribution in [0.5, 0.6) is 5.75 Å². The maximum atomic E-state index is 13.5. The summed E-state index contributed by atoms with van der Waals surface area (Å²) in [6, 6.07) is 6.02. The topological polar surface area (TPSA) is 70.1 Å². The predicted octanol–water partition coefficient (Wildman–Crippen LogP) is 5.74. The minimum Gasteiger partial charge on any atom is -0.493 e. The molecule has 3 rings (SSSR count). The number of hydrogen-bond donors (Lipinski definition) is 1. The van der Waals surface area contributed by atoms with Crippen molar-refractivity contribution in [1.29, 1.82) is 0 Å². The van der Waals surface area contributed by atoms with Gasteiger partial charge in [-0.05, 0) is 48.3 Å². The van der Waals surface area contributed by atoms with E-state index >= 15 is 0 Å². The van der Waals surface area contributed by atoms with Gasteiger partial charge in [-0.3, -0.25) is 14.5 Å². The summed E-state index contributed by atoms with van der Waals surface area (Å²) in [5.41, 5.74) is 2.24. The largest absolute Gasteiger partial charge is 0.493 e. The third-order valence-electron chi connectivity index (χ3n) is 8.12. The molecule has 1 fully saturated rings. The van der Waals surface area contributed by atoms with Crippen LogP contribution in [0.2, 0.25) is 0 Å². The van der Waals surface area contributed by atoms with Crippen LogP contribution < -0.4 is 4.74 Å². The van der Waals surface area contributed by atoms with Gasteiger partial charge in [0.1, 0.15) is 5.75 Å². The van der Waals surface area contributed by atoms with Crippen LogP contribution in [0.15, 0.2) is 18.2 Å². The molecule has 2 aliphatic heterocycles. The zero-order chi connectivity index (χ0) is 26.3. The Morgan fingerprint density at radius 1 is 1.11 bits per heavy atom. The molecule has 2 aliphatic rings. The molecule has 3 unspecified atom stereocenters. The van der Waals surface area contributed by atoms with E-state index in [1.54, 1.807) is 0 Å². The Kier molecular flexibility index (Phi) is 10.2. The molecule has 3 atom stereocenters. The van der Waals surface area contributed by atoms with Crippen molar-refractivity contribution in [3.05, 3.63) is 29.3 Å². The summed E-state index contributed by atoms with van der Waals surface area (Å²) in [7, 11) is 0. The van der Waals surface area contributed by atoms with E-state index in [0.29, 0.717) is 19.7 Å². The molecule has 1 N–H and O–H groups in total. The molecule has 0 spiro atoms. The number of hydrogen-bond acceptors (Lipinski definition) is 4. The van der Waals surface area contributed by atoms with Crippen LogP contribution in [0.25, 0.3) is 0 Å². The van der Waals surface area contributed by atoms with Crippen molar-refractivity contribution in [2.75, 3.05) is 32.8 Å². The molecule has 1 saturated heterocycles. The van der Waals surface area contributed by atoms with Crippen molar-refractivity contribution >= 4 is 11.9 Å². The molecular weight excluding hydrogens is 452 g/mol. The van der Waals surface area contributed by atoms with Crippen molar-refractivity contribution in [3.8, 4) is 5.75 Å². The fraction of sp³-hybridized carbons (Fsp3) is 0.733. The highest BCUT2D eigenvalue weighted by atomic mass is 16.5. The van der Waals surface area contributed by atoms with E-state index in [9.17, 15) is 14.7 Å². The monoisotopic (exact) mass is 500 g/mol. The first kappa shape index (κ1) is 28.5. The first-order valence-electron chi connectivity index (χ1n) is 14.2. The standard InChI is InChI=1S/C30H48N2O4/c1-6-9-15-31(16-10-7-2)27(33)21-32-20-24(22-11-12-26-23(18-22)13-17-36-26)28(29(34)35)25(32)19-30(4,5)14-8-3/h11-12,18,24-25,28H,6-10,13-17,19-21H2,1-5H3,(H,34,35). The summed E-state index contributed by atoms with van der Waals surface area (Å²) < 4.78 is 5.69. The van der Waals surface area contributed by atoms with Crippen LogP contribution in [-0.2, 0) is 16.0 Å². The minimum atomic E-state index is -0.752. The van der Waals surface area contributed by atoms with Gasteiger partial charge < -0.3 is 14.7 Å². The van der Waals surface area contributed by atoms with E-state index in [2.05, 4.69) is 45.6 Å². The fourth-order valence-corrected chi connectivity index (χ4v) is 6.20. The lowest BCUT2D eigenvalue weighted by Crippen LogP contribution is -2.46. The van der Waals surface area contributed by atoms with Gasteiger partial charge in [-0.1, -0.05) is 66.0 Å². The van der Waals surface area contributed by atoms with Gasteiger partial charge in [0.2, 0.25) is 5.91 Å². The number of carboxylic acids is 1. The highest BCUT2D eigenvalue weighted by molar-refractivity contribution is 5.79. The second-order valence-electron chi connectivity index (χ2n) is 11.6. The van der Waals surface area contributed by atoms with E-state index in [4.69, 9.17) is 4.74 Å². The van der Waals surface area contributed by atoms with Crippen LogP contribution in [0.4, 0.5) is 0 Å². The van der Waals surface area contributed by atoms with Gasteiger partial charge in [0, 0.05) is 38.0 Å². The van der Waals surface area contributed by atoms with Crippen LogP contribution in [0.3, 0.4) is 0 Å². The molecule has 0 bridgehead atoms. The molecule has 6 nitrogen and oxygen atoms in total. The van der Waals surface area contributed by atoms with Gasteiger partial charge in [-0.15, -0.1) is 0 Å². The summed E-state index contributed by atoms with van der Waals surface area (Å²) >= 11 is 0. The zero-order valence-corrected chi connectivity index (χ0v) is 23.2. The molecule has 6 heteroatoms. The minimum absolute atomic E-state index is 0.0131. The van der Waals surface area contributed by atoms with Crippen molar-refractivity contribution in [1.82, 2.24) is 9.80 Å². The quantitative estimate of drug-likeness (QED) is 0.353. The molecule has 0 radical (unpaired) electrons. The number of ether oxygens (including phenoxy) is 1. The first-order chi connectivity index (χ1) is 17.2. The molecule has 2 heterocycles. The Hall–Kier alpha value is -2.08. The molecule has 1 amide bonds. The maximum absolute atomic E-state index is 13.5. The van der Waals surface area contributed by atoms with Crippen molar-refractivity contribution in [2.45, 2.75) is 97.9 Å². The van der Waals surface area contributed by atoms with E-state index in [0.717, 1.165) is 75.8 Å². The lowest BCUT2D eigenvalue weighted by atomic mass is 9.76. The third kappa shape index (κ3) is 7.02. The van der Waals surface area contributed by atoms with Gasteiger partial charge >= 0.3 is 5.97 Å². The van der Waals surface area contributed by atoms with E-state index in [1.807, 2.05) is 17.0 Å². The second-order valence-corrected chi connectivity index (χ2v) is 11.6. The highest BCUT2D eigenvalue weighted by Gasteiger charge is 2.48. The van der Waals surface area contributed by atoms with Crippen LogP contribution >= 0.6 is 0 Å². The second kappa shape index (κ2) is 12.9. The number of carboxylic acid groups (broad SMARTS) is 1. The molecule has 36 heavy (non-hydrogen) atoms. The van der Waals surface area contributed by atoms with Crippen molar-refractivity contribution in [2.24, 2.45) is 11.3 Å². The smallest absolute Gasteiger partial charge is 0.308 e. The number of rotatable bonds is 14. The number of carbonyl (C=O) groups is 2. The summed E-state index contributed by atoms with van der Waals surface area (Å²) in [4.78, 5) is 30.5. The van der Waals surface area contributed by atoms with Gasteiger partial charge in [0.25, 0.3) is 0 Å². The Balaban J connectivity index is 1.90. The SMILES string of the molecule is CCCCN(CCCC)C(=O)CN1CC(c2ccc3c(c2)CCO3)C(C(=O)O)C1CC(C)(C)CCC. The van der Waals surface area contributed by atoms with Crippen LogP contribution in [0.1, 0.15) is 96.6 Å². The first-order valence-corrected chi connectivity index (χ1v) is 14.2. The lowest BCUT2D eigenvalue weighted by Gasteiger charge is -2.35. The average Bonchev–Trinajstić information content (AvgIpc) is 3.43. The van der Waals surface area contributed by atoms with Gasteiger partial charge in [0.15, 0.2) is 0 Å².